The largest absolute Gasteiger partial charge is 0.374 e. The molecule has 6 heteroatoms. The van der Waals surface area contributed by atoms with E-state index in [0.29, 0.717) is 29.5 Å². The highest BCUT2D eigenvalue weighted by atomic mass is 16.2. The Morgan fingerprint density at radius 1 is 1.00 bits per heavy atom. The van der Waals surface area contributed by atoms with Gasteiger partial charge in [-0.25, -0.2) is 0 Å². The summed E-state index contributed by atoms with van der Waals surface area (Å²) in [6.45, 7) is 0.645. The first-order valence-electron chi connectivity index (χ1n) is 9.23. The molecule has 2 amide bonds. The predicted octanol–water partition coefficient (Wildman–Crippen LogP) is 3.82. The van der Waals surface area contributed by atoms with Crippen molar-refractivity contribution in [3.8, 4) is 6.07 Å². The summed E-state index contributed by atoms with van der Waals surface area (Å²) < 4.78 is 0. The van der Waals surface area contributed by atoms with Crippen molar-refractivity contribution in [1.82, 2.24) is 5.01 Å². The first-order valence-corrected chi connectivity index (χ1v) is 9.23. The Labute approximate surface area is 168 Å². The zero-order chi connectivity index (χ0) is 20.4. The van der Waals surface area contributed by atoms with Crippen molar-refractivity contribution in [2.75, 3.05) is 18.5 Å². The molecule has 3 aromatic carbocycles. The number of imide groups is 1. The fraction of sp³-hybridized carbons (Fsp3) is 0.130. The third kappa shape index (κ3) is 3.34. The molecular weight excluding hydrogens is 364 g/mol. The van der Waals surface area contributed by atoms with Crippen LogP contribution in [0.2, 0.25) is 0 Å². The normalized spacial score (nSPS) is 13.2. The monoisotopic (exact) mass is 382 g/mol. The number of hydrazone groups is 1. The van der Waals surface area contributed by atoms with Gasteiger partial charge in [-0.1, -0.05) is 36.4 Å². The minimum Gasteiger partial charge on any atom is -0.374 e. The molecule has 0 radical (unpaired) electrons. The van der Waals surface area contributed by atoms with Crippen LogP contribution in [0, 0.1) is 11.3 Å². The molecule has 1 heterocycles. The van der Waals surface area contributed by atoms with Crippen molar-refractivity contribution in [3.05, 3.63) is 77.4 Å². The number of nitriles is 1. The van der Waals surface area contributed by atoms with Gasteiger partial charge < -0.3 is 4.90 Å². The number of amides is 2. The maximum Gasteiger partial charge on any atom is 0.282 e. The van der Waals surface area contributed by atoms with E-state index in [-0.39, 0.29) is 0 Å². The Kier molecular flexibility index (Phi) is 4.80. The molecule has 4 rings (SSSR count). The maximum atomic E-state index is 12.8. The van der Waals surface area contributed by atoms with Crippen LogP contribution in [0.1, 0.15) is 32.7 Å². The van der Waals surface area contributed by atoms with E-state index in [1.54, 1.807) is 24.3 Å². The molecule has 0 aromatic heterocycles. The third-order valence-corrected chi connectivity index (χ3v) is 4.97. The summed E-state index contributed by atoms with van der Waals surface area (Å²) >= 11 is 0. The molecule has 3 aromatic rings. The lowest BCUT2D eigenvalue weighted by Crippen LogP contribution is -2.36. The average Bonchev–Trinajstić information content (AvgIpc) is 2.76. The van der Waals surface area contributed by atoms with Gasteiger partial charge in [-0.15, -0.1) is 0 Å². The fourth-order valence-electron chi connectivity index (χ4n) is 3.41. The number of anilines is 1. The van der Waals surface area contributed by atoms with Crippen LogP contribution in [0.25, 0.3) is 10.8 Å². The highest BCUT2D eigenvalue weighted by Crippen LogP contribution is 2.30. The smallest absolute Gasteiger partial charge is 0.282 e. The first kappa shape index (κ1) is 18.4. The van der Waals surface area contributed by atoms with Crippen LogP contribution >= 0.6 is 0 Å². The van der Waals surface area contributed by atoms with Crippen LogP contribution in [-0.2, 0) is 0 Å². The standard InChI is InChI=1S/C23H18N4O2/c1-26(14-4-13-24)18-11-9-16(10-12-18)15-25-27-22(28)19-7-2-5-17-6-3-8-20(21(17)19)23(27)29/h2-3,5-12,15H,4,14H2,1H3/b25-15-. The summed E-state index contributed by atoms with van der Waals surface area (Å²) in [6.07, 6.45) is 1.95. The summed E-state index contributed by atoms with van der Waals surface area (Å²) in [5.74, 6) is -0.855. The quantitative estimate of drug-likeness (QED) is 0.496. The van der Waals surface area contributed by atoms with Crippen molar-refractivity contribution in [3.63, 3.8) is 0 Å². The Morgan fingerprint density at radius 2 is 1.62 bits per heavy atom. The van der Waals surface area contributed by atoms with E-state index in [2.05, 4.69) is 11.2 Å². The molecule has 6 nitrogen and oxygen atoms in total. The summed E-state index contributed by atoms with van der Waals surface area (Å²) in [6, 6.07) is 20.5. The Balaban J connectivity index is 1.59. The molecule has 0 aliphatic carbocycles. The van der Waals surface area contributed by atoms with Crippen molar-refractivity contribution in [1.29, 1.82) is 5.26 Å². The molecular formula is C23H18N4O2. The van der Waals surface area contributed by atoms with Crippen LogP contribution in [0.15, 0.2) is 65.8 Å². The highest BCUT2D eigenvalue weighted by Gasteiger charge is 2.32. The summed E-state index contributed by atoms with van der Waals surface area (Å²) in [4.78, 5) is 27.7. The van der Waals surface area contributed by atoms with E-state index in [4.69, 9.17) is 5.26 Å². The number of nitrogens with zero attached hydrogens (tertiary/aromatic N) is 4. The molecule has 142 valence electrons. The van der Waals surface area contributed by atoms with Crippen LogP contribution in [0.4, 0.5) is 5.69 Å². The zero-order valence-electron chi connectivity index (χ0n) is 15.9. The van der Waals surface area contributed by atoms with Gasteiger partial charge in [0.2, 0.25) is 0 Å². The summed E-state index contributed by atoms with van der Waals surface area (Å²) in [5, 5.41) is 15.3. The number of carbonyl (C=O) groups is 2. The summed E-state index contributed by atoms with van der Waals surface area (Å²) in [5.41, 5.74) is 2.69. The van der Waals surface area contributed by atoms with Crippen LogP contribution in [0.5, 0.6) is 0 Å². The zero-order valence-corrected chi connectivity index (χ0v) is 15.9. The van der Waals surface area contributed by atoms with E-state index in [1.165, 1.54) is 6.21 Å². The van der Waals surface area contributed by atoms with Crippen LogP contribution in [-0.4, -0.2) is 36.6 Å². The number of benzene rings is 3. The van der Waals surface area contributed by atoms with Gasteiger partial charge >= 0.3 is 0 Å². The molecule has 1 aliphatic heterocycles. The van der Waals surface area contributed by atoms with Crippen molar-refractivity contribution >= 4 is 34.5 Å². The van der Waals surface area contributed by atoms with Crippen molar-refractivity contribution in [2.24, 2.45) is 5.10 Å². The first-order chi connectivity index (χ1) is 14.1. The Hall–Kier alpha value is -3.98. The average molecular weight is 382 g/mol. The van der Waals surface area contributed by atoms with Gasteiger partial charge in [0.05, 0.1) is 29.8 Å². The Morgan fingerprint density at radius 3 is 2.21 bits per heavy atom. The number of hydrogen-bond donors (Lipinski definition) is 0. The SMILES string of the molecule is CN(CCC#N)c1ccc(/C=N\N2C(=O)c3cccc4cccc(c34)C2=O)cc1. The second-order valence-electron chi connectivity index (χ2n) is 6.80. The van der Waals surface area contributed by atoms with Gasteiger partial charge in [-0.2, -0.15) is 15.4 Å². The molecule has 0 bridgehead atoms. The van der Waals surface area contributed by atoms with E-state index in [0.717, 1.165) is 21.6 Å². The van der Waals surface area contributed by atoms with E-state index < -0.39 is 11.8 Å². The number of hydrogen-bond acceptors (Lipinski definition) is 5. The summed E-state index contributed by atoms with van der Waals surface area (Å²) in [7, 11) is 1.92. The number of carbonyl (C=O) groups excluding carboxylic acids is 2. The number of rotatable bonds is 5. The van der Waals surface area contributed by atoms with Gasteiger partial charge in [-0.05, 0) is 35.2 Å². The molecule has 0 fully saturated rings. The van der Waals surface area contributed by atoms with Crippen molar-refractivity contribution in [2.45, 2.75) is 6.42 Å². The van der Waals surface area contributed by atoms with E-state index in [9.17, 15) is 9.59 Å². The highest BCUT2D eigenvalue weighted by molar-refractivity contribution is 6.25. The molecule has 0 spiro atoms. The molecule has 0 unspecified atom stereocenters. The maximum absolute atomic E-state index is 12.8. The van der Waals surface area contributed by atoms with Crippen LogP contribution in [0.3, 0.4) is 0 Å². The van der Waals surface area contributed by atoms with Gasteiger partial charge in [0.15, 0.2) is 0 Å². The lowest BCUT2D eigenvalue weighted by atomic mass is 9.95. The molecule has 0 atom stereocenters. The molecule has 29 heavy (non-hydrogen) atoms. The van der Waals surface area contributed by atoms with Gasteiger partial charge in [0.25, 0.3) is 11.8 Å². The Bertz CT molecular complexity index is 1120. The lowest BCUT2D eigenvalue weighted by molar-refractivity contribution is 0.0616. The minimum atomic E-state index is -0.427. The predicted molar refractivity (Wildman–Crippen MR) is 112 cm³/mol. The second kappa shape index (κ2) is 7.56. The van der Waals surface area contributed by atoms with E-state index >= 15 is 0 Å². The molecule has 0 saturated carbocycles. The fourth-order valence-corrected chi connectivity index (χ4v) is 3.41. The van der Waals surface area contributed by atoms with Gasteiger partial charge in [0.1, 0.15) is 0 Å². The van der Waals surface area contributed by atoms with E-state index in [1.807, 2.05) is 48.3 Å². The van der Waals surface area contributed by atoms with Gasteiger partial charge in [0, 0.05) is 24.7 Å². The minimum absolute atomic E-state index is 0.427. The second-order valence-corrected chi connectivity index (χ2v) is 6.80. The topological polar surface area (TPSA) is 76.8 Å². The van der Waals surface area contributed by atoms with Crippen LogP contribution < -0.4 is 4.90 Å². The molecule has 1 aliphatic rings. The molecule has 0 N–H and O–H groups in total. The third-order valence-electron chi connectivity index (χ3n) is 4.97. The lowest BCUT2D eigenvalue weighted by Gasteiger charge is -2.23. The molecule has 0 saturated heterocycles. The van der Waals surface area contributed by atoms with Crippen molar-refractivity contribution < 1.29 is 9.59 Å². The van der Waals surface area contributed by atoms with Gasteiger partial charge in [-0.3, -0.25) is 9.59 Å².